The largest absolute Gasteiger partial charge is 0.519 e. The van der Waals surface area contributed by atoms with Gasteiger partial charge in [-0.2, -0.15) is 21.6 Å². The summed E-state index contributed by atoms with van der Waals surface area (Å²) in [5.41, 5.74) is -5.43. The molecule has 0 saturated heterocycles. The summed E-state index contributed by atoms with van der Waals surface area (Å²) in [6.45, 7) is 0. The zero-order chi connectivity index (χ0) is 8.41. The van der Waals surface area contributed by atoms with Crippen molar-refractivity contribution >= 4 is 16.0 Å². The van der Waals surface area contributed by atoms with E-state index in [9.17, 15) is 21.6 Å². The summed E-state index contributed by atoms with van der Waals surface area (Å²) in [6, 6.07) is 0.782. The molecular formula is C2HF3N2O2S. The molecule has 0 radical (unpaired) electrons. The topological polar surface area (TPSA) is 70.3 Å². The number of hydrogen-bond donors (Lipinski definition) is 1. The van der Waals surface area contributed by atoms with Gasteiger partial charge in [0.25, 0.3) is 0 Å². The molecule has 0 heterocycles. The van der Waals surface area contributed by atoms with E-state index in [-0.39, 0.29) is 0 Å². The van der Waals surface area contributed by atoms with E-state index < -0.39 is 15.5 Å². The Balaban J connectivity index is 4.97. The Bertz CT molecular complexity index is 259. The SMILES string of the molecule is N=C=NS(=O)(=O)C(F)(F)F. The van der Waals surface area contributed by atoms with Gasteiger partial charge in [-0.1, -0.05) is 4.40 Å². The van der Waals surface area contributed by atoms with Crippen LogP contribution < -0.4 is 0 Å². The van der Waals surface area contributed by atoms with Crippen molar-refractivity contribution in [3.8, 4) is 0 Å². The molecule has 0 aromatic carbocycles. The van der Waals surface area contributed by atoms with Crippen molar-refractivity contribution in [2.75, 3.05) is 0 Å². The zero-order valence-electron chi connectivity index (χ0n) is 4.31. The molecule has 0 bridgehead atoms. The second-order valence-corrected chi connectivity index (χ2v) is 2.72. The molecule has 0 saturated carbocycles. The smallest absolute Gasteiger partial charge is 0.241 e. The van der Waals surface area contributed by atoms with Gasteiger partial charge in [0.05, 0.1) is 0 Å². The van der Waals surface area contributed by atoms with Crippen LogP contribution in [0.2, 0.25) is 0 Å². The van der Waals surface area contributed by atoms with Gasteiger partial charge >= 0.3 is 15.5 Å². The van der Waals surface area contributed by atoms with Crippen LogP contribution in [0.3, 0.4) is 0 Å². The predicted octanol–water partition coefficient (Wildman–Crippen LogP) is 0.589. The molecule has 10 heavy (non-hydrogen) atoms. The number of hydrogen-bond acceptors (Lipinski definition) is 3. The van der Waals surface area contributed by atoms with Crippen molar-refractivity contribution in [2.24, 2.45) is 4.40 Å². The van der Waals surface area contributed by atoms with Gasteiger partial charge in [0.15, 0.2) is 0 Å². The van der Waals surface area contributed by atoms with Crippen LogP contribution in [0.5, 0.6) is 0 Å². The van der Waals surface area contributed by atoms with Crippen molar-refractivity contribution in [1.29, 1.82) is 5.41 Å². The van der Waals surface area contributed by atoms with E-state index in [4.69, 9.17) is 5.41 Å². The van der Waals surface area contributed by atoms with E-state index in [1.807, 2.05) is 0 Å². The Morgan fingerprint density at radius 2 is 1.80 bits per heavy atom. The van der Waals surface area contributed by atoms with Crippen LogP contribution in [0.25, 0.3) is 0 Å². The zero-order valence-corrected chi connectivity index (χ0v) is 5.12. The number of rotatable bonds is 1. The quantitative estimate of drug-likeness (QED) is 0.591. The fourth-order valence-electron chi connectivity index (χ4n) is 0.112. The molecule has 0 spiro atoms. The van der Waals surface area contributed by atoms with Crippen molar-refractivity contribution in [1.82, 2.24) is 0 Å². The minimum absolute atomic E-state index is 0.782. The third kappa shape index (κ3) is 1.82. The van der Waals surface area contributed by atoms with Gasteiger partial charge in [-0.15, -0.1) is 0 Å². The first-order valence-electron chi connectivity index (χ1n) is 1.76. The van der Waals surface area contributed by atoms with E-state index >= 15 is 0 Å². The molecule has 0 fully saturated rings. The van der Waals surface area contributed by atoms with Crippen LogP contribution in [0.1, 0.15) is 0 Å². The van der Waals surface area contributed by atoms with Crippen LogP contribution in [-0.2, 0) is 10.0 Å². The minimum atomic E-state index is -5.52. The monoisotopic (exact) mass is 174 g/mol. The lowest BCUT2D eigenvalue weighted by Crippen LogP contribution is -2.20. The summed E-state index contributed by atoms with van der Waals surface area (Å²) >= 11 is 0. The fraction of sp³-hybridized carbons (Fsp3) is 0.500. The molecule has 0 aliphatic rings. The van der Waals surface area contributed by atoms with Crippen LogP contribution in [0, 0.1) is 5.41 Å². The number of nitrogens with one attached hydrogen (secondary N) is 1. The first kappa shape index (κ1) is 9.12. The number of nitrogens with zero attached hydrogens (tertiary/aromatic N) is 1. The summed E-state index contributed by atoms with van der Waals surface area (Å²) in [7, 11) is -5.52. The molecule has 0 amide bonds. The Morgan fingerprint density at radius 3 is 1.90 bits per heavy atom. The standard InChI is InChI=1S/C2HF3N2O2S/c3-2(4,5)10(8,9)7-1-6/h6H. The average molecular weight is 174 g/mol. The number of sulfonamides is 1. The maximum absolute atomic E-state index is 11.2. The van der Waals surface area contributed by atoms with E-state index in [2.05, 4.69) is 0 Å². The molecule has 0 aliphatic carbocycles. The van der Waals surface area contributed by atoms with Gasteiger partial charge in [0.2, 0.25) is 0 Å². The van der Waals surface area contributed by atoms with Crippen LogP contribution >= 0.6 is 0 Å². The van der Waals surface area contributed by atoms with Gasteiger partial charge in [-0.25, -0.2) is 5.41 Å². The maximum Gasteiger partial charge on any atom is 0.519 e. The summed E-state index contributed by atoms with van der Waals surface area (Å²) in [6.07, 6.45) is 0. The minimum Gasteiger partial charge on any atom is -0.241 e. The highest BCUT2D eigenvalue weighted by molar-refractivity contribution is 7.91. The fourth-order valence-corrected chi connectivity index (χ4v) is 0.336. The van der Waals surface area contributed by atoms with Crippen molar-refractivity contribution in [2.45, 2.75) is 5.51 Å². The Hall–Kier alpha value is -0.880. The molecule has 8 heteroatoms. The van der Waals surface area contributed by atoms with Crippen LogP contribution in [0.15, 0.2) is 4.40 Å². The van der Waals surface area contributed by atoms with Crippen LogP contribution in [0.4, 0.5) is 13.2 Å². The molecule has 1 N–H and O–H groups in total. The highest BCUT2D eigenvalue weighted by atomic mass is 32.2. The summed E-state index contributed by atoms with van der Waals surface area (Å²) in [5.74, 6) is 0. The van der Waals surface area contributed by atoms with Crippen molar-refractivity contribution in [3.63, 3.8) is 0 Å². The van der Waals surface area contributed by atoms with Gasteiger partial charge in [-0.05, 0) is 0 Å². The number of halogens is 3. The maximum atomic E-state index is 11.2. The molecule has 0 aliphatic heterocycles. The molecular weight excluding hydrogens is 173 g/mol. The lowest BCUT2D eigenvalue weighted by atomic mass is 11.6. The molecule has 0 atom stereocenters. The average Bonchev–Trinajstić information content (AvgIpc) is 1.61. The van der Waals surface area contributed by atoms with Gasteiger partial charge in [-0.3, -0.25) is 0 Å². The first-order chi connectivity index (χ1) is 4.31. The third-order valence-electron chi connectivity index (χ3n) is 0.458. The second kappa shape index (κ2) is 2.39. The molecule has 0 unspecified atom stereocenters. The Kier molecular flexibility index (Phi) is 2.18. The Morgan fingerprint density at radius 1 is 1.40 bits per heavy atom. The third-order valence-corrected chi connectivity index (χ3v) is 1.37. The molecule has 0 rings (SSSR count). The molecule has 0 aromatic heterocycles. The predicted molar refractivity (Wildman–Crippen MR) is 25.1 cm³/mol. The molecule has 58 valence electrons. The summed E-state index contributed by atoms with van der Waals surface area (Å²) in [5, 5.41) is 5.84. The summed E-state index contributed by atoms with van der Waals surface area (Å²) < 4.78 is 55.0. The van der Waals surface area contributed by atoms with Gasteiger partial charge in [0, 0.05) is 0 Å². The van der Waals surface area contributed by atoms with Crippen molar-refractivity contribution < 1.29 is 21.6 Å². The van der Waals surface area contributed by atoms with Gasteiger partial charge < -0.3 is 0 Å². The van der Waals surface area contributed by atoms with E-state index in [0.717, 1.165) is 6.01 Å². The van der Waals surface area contributed by atoms with E-state index in [1.165, 1.54) is 0 Å². The summed E-state index contributed by atoms with van der Waals surface area (Å²) in [4.78, 5) is 0. The Labute approximate surface area is 53.9 Å². The van der Waals surface area contributed by atoms with Crippen LogP contribution in [-0.4, -0.2) is 19.9 Å². The van der Waals surface area contributed by atoms with E-state index in [0.29, 0.717) is 0 Å². The lowest BCUT2D eigenvalue weighted by Gasteiger charge is -1.98. The highest BCUT2D eigenvalue weighted by Crippen LogP contribution is 2.23. The normalized spacial score (nSPS) is 12.3. The highest BCUT2D eigenvalue weighted by Gasteiger charge is 2.45. The first-order valence-corrected chi connectivity index (χ1v) is 3.20. The second-order valence-electron chi connectivity index (χ2n) is 1.12. The number of alkyl halides is 3. The molecule has 4 nitrogen and oxygen atoms in total. The van der Waals surface area contributed by atoms with Crippen molar-refractivity contribution in [3.05, 3.63) is 0 Å². The molecule has 0 aromatic rings. The lowest BCUT2D eigenvalue weighted by molar-refractivity contribution is -0.0435. The van der Waals surface area contributed by atoms with E-state index in [1.54, 1.807) is 4.40 Å². The van der Waals surface area contributed by atoms with Gasteiger partial charge in [0.1, 0.15) is 6.01 Å².